The van der Waals surface area contributed by atoms with Crippen molar-refractivity contribution in [3.8, 4) is 5.75 Å². The molecule has 5 nitrogen and oxygen atoms in total. The molecule has 0 amide bonds. The predicted octanol–water partition coefficient (Wildman–Crippen LogP) is 1.79. The Morgan fingerprint density at radius 2 is 2.16 bits per heavy atom. The zero-order chi connectivity index (χ0) is 14.4. The van der Waals surface area contributed by atoms with E-state index in [1.807, 2.05) is 6.92 Å². The van der Waals surface area contributed by atoms with Gasteiger partial charge in [0.2, 0.25) is 0 Å². The van der Waals surface area contributed by atoms with Gasteiger partial charge in [0.05, 0.1) is 0 Å². The highest BCUT2D eigenvalue weighted by Crippen LogP contribution is 2.21. The highest BCUT2D eigenvalue weighted by Gasteiger charge is 2.14. The van der Waals surface area contributed by atoms with Gasteiger partial charge in [-0.3, -0.25) is 9.59 Å². The van der Waals surface area contributed by atoms with E-state index in [9.17, 15) is 9.59 Å². The summed E-state index contributed by atoms with van der Waals surface area (Å²) in [6.07, 6.45) is 0.192. The van der Waals surface area contributed by atoms with Gasteiger partial charge in [-0.05, 0) is 37.1 Å². The predicted molar refractivity (Wildman–Crippen MR) is 71.5 cm³/mol. The first-order valence-corrected chi connectivity index (χ1v) is 6.17. The maximum Gasteiger partial charge on any atom is 0.320 e. The standard InChI is InChI=1S/C13H16ClNO4/c1-8-6-9(14)2-5-12(8)19-7-10(16)3-4-11(15)13(17)18/h2,5-6,11H,3-4,7,15H2,1H3,(H,17,18). The third-order valence-electron chi connectivity index (χ3n) is 2.58. The molecular weight excluding hydrogens is 270 g/mol. The van der Waals surface area contributed by atoms with Crippen LogP contribution in [-0.4, -0.2) is 29.5 Å². The maximum absolute atomic E-state index is 11.5. The van der Waals surface area contributed by atoms with Gasteiger partial charge in [0.1, 0.15) is 18.4 Å². The first kappa shape index (κ1) is 15.5. The minimum atomic E-state index is -1.11. The Balaban J connectivity index is 2.40. The number of aliphatic carboxylic acids is 1. The first-order chi connectivity index (χ1) is 8.90. The van der Waals surface area contributed by atoms with E-state index in [1.165, 1.54) is 0 Å². The largest absolute Gasteiger partial charge is 0.486 e. The minimum absolute atomic E-state index is 0.0834. The van der Waals surface area contributed by atoms with Crippen molar-refractivity contribution in [3.63, 3.8) is 0 Å². The second-order valence-electron chi connectivity index (χ2n) is 4.22. The maximum atomic E-state index is 11.5. The number of hydrogen-bond donors (Lipinski definition) is 2. The summed E-state index contributed by atoms with van der Waals surface area (Å²) < 4.78 is 5.35. The fraction of sp³-hybridized carbons (Fsp3) is 0.385. The number of rotatable bonds is 7. The molecule has 1 unspecified atom stereocenters. The van der Waals surface area contributed by atoms with E-state index < -0.39 is 12.0 Å². The van der Waals surface area contributed by atoms with Gasteiger partial charge in [0.15, 0.2) is 5.78 Å². The van der Waals surface area contributed by atoms with Gasteiger partial charge < -0.3 is 15.6 Å². The van der Waals surface area contributed by atoms with Crippen LogP contribution in [0.4, 0.5) is 0 Å². The van der Waals surface area contributed by atoms with Crippen molar-refractivity contribution in [1.29, 1.82) is 0 Å². The molecule has 0 spiro atoms. The molecule has 1 rings (SSSR count). The van der Waals surface area contributed by atoms with Crippen LogP contribution in [0.3, 0.4) is 0 Å². The smallest absolute Gasteiger partial charge is 0.320 e. The Morgan fingerprint density at radius 1 is 1.47 bits per heavy atom. The molecule has 3 N–H and O–H groups in total. The van der Waals surface area contributed by atoms with E-state index in [0.29, 0.717) is 10.8 Å². The Kier molecular flexibility index (Phi) is 5.79. The molecule has 0 radical (unpaired) electrons. The van der Waals surface area contributed by atoms with Crippen molar-refractivity contribution >= 4 is 23.4 Å². The average Bonchev–Trinajstić information content (AvgIpc) is 2.34. The van der Waals surface area contributed by atoms with Crippen LogP contribution in [0.5, 0.6) is 5.75 Å². The fourth-order valence-corrected chi connectivity index (χ4v) is 1.67. The number of carbonyl (C=O) groups is 2. The fourth-order valence-electron chi connectivity index (χ4n) is 1.45. The van der Waals surface area contributed by atoms with Crippen molar-refractivity contribution < 1.29 is 19.4 Å². The summed E-state index contributed by atoms with van der Waals surface area (Å²) in [5.41, 5.74) is 6.14. The van der Waals surface area contributed by atoms with Gasteiger partial charge in [-0.1, -0.05) is 11.6 Å². The molecule has 0 aliphatic rings. The normalized spacial score (nSPS) is 11.9. The van der Waals surface area contributed by atoms with Gasteiger partial charge in [0.25, 0.3) is 0 Å². The molecule has 0 aromatic heterocycles. The minimum Gasteiger partial charge on any atom is -0.486 e. The quantitative estimate of drug-likeness (QED) is 0.797. The van der Waals surface area contributed by atoms with Crippen LogP contribution in [0.15, 0.2) is 18.2 Å². The molecule has 0 heterocycles. The highest BCUT2D eigenvalue weighted by molar-refractivity contribution is 6.30. The molecule has 0 bridgehead atoms. The second-order valence-corrected chi connectivity index (χ2v) is 4.66. The summed E-state index contributed by atoms with van der Waals surface area (Å²) in [7, 11) is 0. The van der Waals surface area contributed by atoms with Crippen LogP contribution in [0.25, 0.3) is 0 Å². The summed E-state index contributed by atoms with van der Waals surface area (Å²) in [6.45, 7) is 1.72. The van der Waals surface area contributed by atoms with Crippen LogP contribution >= 0.6 is 11.6 Å². The molecule has 6 heteroatoms. The number of carboxylic acids is 1. The zero-order valence-corrected chi connectivity index (χ0v) is 11.3. The summed E-state index contributed by atoms with van der Waals surface area (Å²) in [5, 5.41) is 9.19. The third kappa shape index (κ3) is 5.28. The van der Waals surface area contributed by atoms with Crippen LogP contribution in [0.2, 0.25) is 5.02 Å². The molecule has 1 aromatic carbocycles. The van der Waals surface area contributed by atoms with Crippen molar-refractivity contribution in [2.24, 2.45) is 5.73 Å². The molecule has 1 atom stereocenters. The van der Waals surface area contributed by atoms with Crippen molar-refractivity contribution in [2.75, 3.05) is 6.61 Å². The van der Waals surface area contributed by atoms with Gasteiger partial charge in [-0.2, -0.15) is 0 Å². The summed E-state index contributed by atoms with van der Waals surface area (Å²) in [6, 6.07) is 4.09. The number of carboxylic acid groups (broad SMARTS) is 1. The Hall–Kier alpha value is -1.59. The van der Waals surface area contributed by atoms with Crippen LogP contribution in [0, 0.1) is 6.92 Å². The number of halogens is 1. The van der Waals surface area contributed by atoms with Crippen molar-refractivity contribution in [2.45, 2.75) is 25.8 Å². The number of nitrogens with two attached hydrogens (primary N) is 1. The molecule has 19 heavy (non-hydrogen) atoms. The number of hydrogen-bond acceptors (Lipinski definition) is 4. The highest BCUT2D eigenvalue weighted by atomic mass is 35.5. The van der Waals surface area contributed by atoms with Gasteiger partial charge in [-0.25, -0.2) is 0 Å². The number of benzene rings is 1. The second kappa shape index (κ2) is 7.11. The molecule has 0 aliphatic heterocycles. The van der Waals surface area contributed by atoms with Gasteiger partial charge in [0, 0.05) is 11.4 Å². The van der Waals surface area contributed by atoms with E-state index in [2.05, 4.69) is 0 Å². The molecule has 1 aromatic rings. The number of ketones is 1. The summed E-state index contributed by atoms with van der Waals surface area (Å²) in [4.78, 5) is 22.0. The first-order valence-electron chi connectivity index (χ1n) is 5.79. The third-order valence-corrected chi connectivity index (χ3v) is 2.81. The lowest BCUT2D eigenvalue weighted by atomic mass is 10.1. The Morgan fingerprint density at radius 3 is 2.74 bits per heavy atom. The van der Waals surface area contributed by atoms with Gasteiger partial charge >= 0.3 is 5.97 Å². The van der Waals surface area contributed by atoms with E-state index in [4.69, 9.17) is 27.2 Å². The molecule has 0 saturated heterocycles. The lowest BCUT2D eigenvalue weighted by Crippen LogP contribution is -2.31. The molecule has 0 aliphatic carbocycles. The molecule has 104 valence electrons. The summed E-state index contributed by atoms with van der Waals surface area (Å²) >= 11 is 5.80. The van der Waals surface area contributed by atoms with Crippen molar-refractivity contribution in [3.05, 3.63) is 28.8 Å². The molecule has 0 saturated carbocycles. The number of Topliss-reactive ketones (excluding diaryl/α,β-unsaturated/α-hetero) is 1. The van der Waals surface area contributed by atoms with E-state index >= 15 is 0 Å². The van der Waals surface area contributed by atoms with Gasteiger partial charge in [-0.15, -0.1) is 0 Å². The number of carbonyl (C=O) groups excluding carboxylic acids is 1. The number of aryl methyl sites for hydroxylation is 1. The summed E-state index contributed by atoms with van der Waals surface area (Å²) in [5.74, 6) is -0.714. The van der Waals surface area contributed by atoms with Crippen molar-refractivity contribution in [1.82, 2.24) is 0 Å². The van der Waals surface area contributed by atoms with Crippen LogP contribution in [0.1, 0.15) is 18.4 Å². The number of ether oxygens (including phenoxy) is 1. The lowest BCUT2D eigenvalue weighted by Gasteiger charge is -2.09. The van der Waals surface area contributed by atoms with E-state index in [1.54, 1.807) is 18.2 Å². The SMILES string of the molecule is Cc1cc(Cl)ccc1OCC(=O)CCC(N)C(=O)O. The van der Waals surface area contributed by atoms with E-state index in [-0.39, 0.29) is 25.2 Å². The Labute approximate surface area is 116 Å². The zero-order valence-electron chi connectivity index (χ0n) is 10.6. The molecule has 0 fully saturated rings. The average molecular weight is 286 g/mol. The lowest BCUT2D eigenvalue weighted by molar-refractivity contribution is -0.138. The topological polar surface area (TPSA) is 89.6 Å². The molecular formula is C13H16ClNO4. The van der Waals surface area contributed by atoms with E-state index in [0.717, 1.165) is 5.56 Å². The van der Waals surface area contributed by atoms with Crippen LogP contribution < -0.4 is 10.5 Å². The Bertz CT molecular complexity index is 476. The monoisotopic (exact) mass is 285 g/mol. The van der Waals surface area contributed by atoms with Crippen LogP contribution in [-0.2, 0) is 9.59 Å².